The molecule has 6 rings (SSSR count). The van der Waals surface area contributed by atoms with E-state index >= 15 is 0 Å². The molecule has 0 atom stereocenters. The zero-order chi connectivity index (χ0) is 32.4. The highest BCUT2D eigenvalue weighted by Crippen LogP contribution is 2.36. The van der Waals surface area contributed by atoms with Gasteiger partial charge >= 0.3 is 6.18 Å². The van der Waals surface area contributed by atoms with E-state index < -0.39 is 17.6 Å². The number of benzene rings is 1. The summed E-state index contributed by atoms with van der Waals surface area (Å²) in [6.45, 7) is 0.762. The van der Waals surface area contributed by atoms with Crippen LogP contribution in [0.15, 0.2) is 61.1 Å². The molecule has 4 aromatic rings. The van der Waals surface area contributed by atoms with E-state index in [0.29, 0.717) is 28.3 Å². The molecule has 3 aromatic heterocycles. The van der Waals surface area contributed by atoms with E-state index in [0.717, 1.165) is 50.6 Å². The van der Waals surface area contributed by atoms with Gasteiger partial charge in [0.1, 0.15) is 23.7 Å². The van der Waals surface area contributed by atoms with Crippen LogP contribution in [0.5, 0.6) is 0 Å². The number of nitrogens with one attached hydrogen (secondary N) is 2. The summed E-state index contributed by atoms with van der Waals surface area (Å²) >= 11 is 0. The van der Waals surface area contributed by atoms with Gasteiger partial charge < -0.3 is 16.4 Å². The molecule has 2 aliphatic carbocycles. The predicted molar refractivity (Wildman–Crippen MR) is 167 cm³/mol. The normalized spacial score (nSPS) is 18.7. The molecule has 2 amide bonds. The van der Waals surface area contributed by atoms with E-state index in [1.54, 1.807) is 30.3 Å². The molecule has 11 nitrogen and oxygen atoms in total. The lowest BCUT2D eigenvalue weighted by molar-refractivity contribution is -0.137. The van der Waals surface area contributed by atoms with Gasteiger partial charge in [-0.3, -0.25) is 14.5 Å². The van der Waals surface area contributed by atoms with Crippen LogP contribution in [0.2, 0.25) is 0 Å². The summed E-state index contributed by atoms with van der Waals surface area (Å²) in [5.74, 6) is -0.630. The number of alkyl halides is 3. The number of carbonyl (C=O) groups excluding carboxylic acids is 2. The molecule has 2 fully saturated rings. The second kappa shape index (κ2) is 12.9. The summed E-state index contributed by atoms with van der Waals surface area (Å²) in [4.78, 5) is 40.0. The van der Waals surface area contributed by atoms with Crippen LogP contribution in [0.25, 0.3) is 22.3 Å². The molecule has 4 N–H and O–H groups in total. The van der Waals surface area contributed by atoms with Crippen molar-refractivity contribution in [3.05, 3.63) is 72.2 Å². The number of fused-ring (bicyclic) bond motifs is 1. The van der Waals surface area contributed by atoms with Gasteiger partial charge in [0, 0.05) is 42.0 Å². The van der Waals surface area contributed by atoms with Crippen molar-refractivity contribution in [1.82, 2.24) is 34.9 Å². The summed E-state index contributed by atoms with van der Waals surface area (Å²) in [7, 11) is 2.07. The second-order valence-corrected chi connectivity index (χ2v) is 11.8. The van der Waals surface area contributed by atoms with Gasteiger partial charge in [-0.25, -0.2) is 19.6 Å². The summed E-state index contributed by atoms with van der Waals surface area (Å²) in [6, 6.07) is 8.85. The monoisotopic (exact) mass is 633 g/mol. The van der Waals surface area contributed by atoms with Crippen LogP contribution in [0.4, 0.5) is 24.8 Å². The first kappa shape index (κ1) is 31.1. The number of nitrogens with zero attached hydrogens (tertiary/aromatic N) is 6. The third kappa shape index (κ3) is 7.01. The Hall–Kier alpha value is -4.85. The maximum Gasteiger partial charge on any atom is 0.416 e. The molecular formula is C32H34F3N9O2. The smallest absolute Gasteiger partial charge is 0.383 e. The lowest BCUT2D eigenvalue weighted by Crippen LogP contribution is -2.37. The average Bonchev–Trinajstić information content (AvgIpc) is 3.82. The van der Waals surface area contributed by atoms with Gasteiger partial charge in [0.15, 0.2) is 5.65 Å². The van der Waals surface area contributed by atoms with E-state index in [1.165, 1.54) is 19.2 Å². The van der Waals surface area contributed by atoms with Crippen molar-refractivity contribution in [2.75, 3.05) is 24.6 Å². The Morgan fingerprint density at radius 1 is 1.04 bits per heavy atom. The van der Waals surface area contributed by atoms with E-state index in [2.05, 4.69) is 37.5 Å². The molecule has 0 unspecified atom stereocenters. The van der Waals surface area contributed by atoms with Gasteiger partial charge in [-0.1, -0.05) is 18.2 Å². The van der Waals surface area contributed by atoms with Crippen LogP contribution in [0, 0.1) is 0 Å². The Kier molecular flexibility index (Phi) is 8.71. The van der Waals surface area contributed by atoms with E-state index in [-0.39, 0.29) is 35.2 Å². The van der Waals surface area contributed by atoms with Gasteiger partial charge in [0.2, 0.25) is 5.91 Å². The number of aromatic nitrogens is 5. The van der Waals surface area contributed by atoms with Crippen LogP contribution >= 0.6 is 0 Å². The number of hydrogen-bond donors (Lipinski definition) is 3. The molecular weight excluding hydrogens is 599 g/mol. The van der Waals surface area contributed by atoms with E-state index in [4.69, 9.17) is 10.8 Å². The van der Waals surface area contributed by atoms with Crippen LogP contribution in [0.1, 0.15) is 60.5 Å². The highest BCUT2D eigenvalue weighted by atomic mass is 19.4. The van der Waals surface area contributed by atoms with Crippen molar-refractivity contribution in [3.8, 4) is 11.3 Å². The lowest BCUT2D eigenvalue weighted by atomic mass is 9.91. The number of halogens is 3. The number of nitrogens with two attached hydrogens (primary N) is 1. The highest BCUT2D eigenvalue weighted by Gasteiger charge is 2.31. The fraction of sp³-hybridized carbons (Fsp3) is 0.375. The first-order valence-electron chi connectivity index (χ1n) is 15.2. The minimum Gasteiger partial charge on any atom is -0.383 e. The third-order valence-electron chi connectivity index (χ3n) is 8.49. The topological polar surface area (TPSA) is 144 Å². The molecule has 0 aliphatic heterocycles. The van der Waals surface area contributed by atoms with E-state index in [1.807, 2.05) is 10.8 Å². The lowest BCUT2D eigenvalue weighted by Gasteiger charge is -2.29. The second-order valence-electron chi connectivity index (χ2n) is 11.8. The van der Waals surface area contributed by atoms with Crippen LogP contribution in [0.3, 0.4) is 0 Å². The molecule has 14 heteroatoms. The van der Waals surface area contributed by atoms with Gasteiger partial charge in [0.25, 0.3) is 5.91 Å². The zero-order valence-corrected chi connectivity index (χ0v) is 25.2. The Labute approximate surface area is 263 Å². The maximum atomic E-state index is 13.0. The molecule has 0 radical (unpaired) electrons. The number of rotatable bonds is 9. The van der Waals surface area contributed by atoms with Gasteiger partial charge in [0.05, 0.1) is 17.0 Å². The van der Waals surface area contributed by atoms with Crippen LogP contribution in [-0.4, -0.2) is 67.1 Å². The van der Waals surface area contributed by atoms with Crippen molar-refractivity contribution in [2.24, 2.45) is 0 Å². The maximum absolute atomic E-state index is 13.0. The Morgan fingerprint density at radius 3 is 2.48 bits per heavy atom. The zero-order valence-electron chi connectivity index (χ0n) is 25.2. The fourth-order valence-electron chi connectivity index (χ4n) is 5.80. The molecule has 240 valence electrons. The van der Waals surface area contributed by atoms with Crippen molar-refractivity contribution in [2.45, 2.75) is 62.8 Å². The molecule has 2 saturated carbocycles. The molecule has 2 aliphatic rings. The van der Waals surface area contributed by atoms with Crippen LogP contribution < -0.4 is 16.4 Å². The molecule has 0 bridgehead atoms. The van der Waals surface area contributed by atoms with Crippen molar-refractivity contribution < 1.29 is 22.8 Å². The Morgan fingerprint density at radius 2 is 1.78 bits per heavy atom. The molecule has 0 saturated heterocycles. The van der Waals surface area contributed by atoms with Crippen molar-refractivity contribution >= 4 is 34.5 Å². The van der Waals surface area contributed by atoms with E-state index in [9.17, 15) is 22.8 Å². The number of pyridine rings is 1. The van der Waals surface area contributed by atoms with Gasteiger partial charge in [-0.05, 0) is 69.8 Å². The number of likely N-dealkylation sites (N-methyl/N-ethyl adjacent to an activating group) is 1. The number of amides is 2. The van der Waals surface area contributed by atoms with Gasteiger partial charge in [-0.15, -0.1) is 0 Å². The quantitative estimate of drug-likeness (QED) is 0.219. The molecule has 1 aromatic carbocycles. The molecule has 46 heavy (non-hydrogen) atoms. The first-order chi connectivity index (χ1) is 22.1. The van der Waals surface area contributed by atoms with Crippen molar-refractivity contribution in [1.29, 1.82) is 0 Å². The minimum atomic E-state index is -4.55. The average molecular weight is 634 g/mol. The number of carbonyl (C=O) groups is 2. The standard InChI is InChI=1S/C32H34F3N9O2/c1-43(23-12-13-23)16-2-3-26(45)40-22-8-10-24(11-9-22)44-30-27(29(36)38-18-39-30)28(42-44)19-4-6-20(7-5-19)31(46)41-25-17-21(14-15-37-25)32(33,34)35/h2-7,14-15,17-18,22-24H,8-13,16H2,1H3,(H,40,45)(H2,36,38,39)(H,37,41,46)/b3-2+. The number of hydrogen-bond acceptors (Lipinski definition) is 8. The summed E-state index contributed by atoms with van der Waals surface area (Å²) < 4.78 is 41.0. The molecule has 3 heterocycles. The SMILES string of the molecule is CN(C/C=C/C(=O)NC1CCC(n2nc(-c3ccc(C(=O)Nc4cc(C(F)(F)F)ccn4)cc3)c3c(N)ncnc32)CC1)C1CC1. The van der Waals surface area contributed by atoms with Crippen LogP contribution in [-0.2, 0) is 11.0 Å². The summed E-state index contributed by atoms with van der Waals surface area (Å²) in [5, 5.41) is 11.0. The largest absolute Gasteiger partial charge is 0.416 e. The first-order valence-corrected chi connectivity index (χ1v) is 15.2. The minimum absolute atomic E-state index is 0.0337. The number of anilines is 2. The summed E-state index contributed by atoms with van der Waals surface area (Å²) in [6.07, 6.45) is 6.95. The highest BCUT2D eigenvalue weighted by molar-refractivity contribution is 6.04. The fourth-order valence-corrected chi connectivity index (χ4v) is 5.80. The van der Waals surface area contributed by atoms with Gasteiger partial charge in [-0.2, -0.15) is 18.3 Å². The summed E-state index contributed by atoms with van der Waals surface area (Å²) in [5.41, 5.74) is 7.41. The Balaban J connectivity index is 1.13. The predicted octanol–water partition coefficient (Wildman–Crippen LogP) is 4.99. The third-order valence-corrected chi connectivity index (χ3v) is 8.49. The number of nitrogen functional groups attached to an aromatic ring is 1. The Bertz CT molecular complexity index is 1760. The molecule has 0 spiro atoms. The van der Waals surface area contributed by atoms with Crippen molar-refractivity contribution in [3.63, 3.8) is 0 Å².